The number of anilines is 1. The molecule has 1 atom stereocenters. The third-order valence-corrected chi connectivity index (χ3v) is 5.51. The molecular weight excluding hydrogens is 264 g/mol. The van der Waals surface area contributed by atoms with Crippen molar-refractivity contribution in [1.29, 1.82) is 0 Å². The Balaban J connectivity index is 2.24. The van der Waals surface area contributed by atoms with Crippen LogP contribution in [0.2, 0.25) is 0 Å². The molecule has 96 valence electrons. The molecule has 0 aliphatic heterocycles. The standard InChI is InChI=1S/C13H16N2OS2/c1-8-4-5-11(14)6-12(8)18(16)7-13-15-9(2)10(3)17-13/h4-6H,7,14H2,1-3H3. The Labute approximate surface area is 114 Å². The summed E-state index contributed by atoms with van der Waals surface area (Å²) in [6, 6.07) is 5.52. The summed E-state index contributed by atoms with van der Waals surface area (Å²) in [5.41, 5.74) is 8.42. The Morgan fingerprint density at radius 1 is 1.33 bits per heavy atom. The zero-order valence-corrected chi connectivity index (χ0v) is 12.3. The fourth-order valence-electron chi connectivity index (χ4n) is 1.65. The largest absolute Gasteiger partial charge is 0.399 e. The van der Waals surface area contributed by atoms with Crippen LogP contribution in [0.5, 0.6) is 0 Å². The molecule has 0 bridgehead atoms. The van der Waals surface area contributed by atoms with Crippen molar-refractivity contribution in [3.05, 3.63) is 39.3 Å². The fourth-order valence-corrected chi connectivity index (χ4v) is 4.08. The molecular formula is C13H16N2OS2. The van der Waals surface area contributed by atoms with Gasteiger partial charge in [-0.2, -0.15) is 0 Å². The summed E-state index contributed by atoms with van der Waals surface area (Å²) >= 11 is 1.61. The van der Waals surface area contributed by atoms with E-state index in [1.807, 2.05) is 32.9 Å². The monoisotopic (exact) mass is 280 g/mol. The number of aryl methyl sites for hydroxylation is 3. The number of nitrogen functional groups attached to an aromatic ring is 1. The molecule has 0 fully saturated rings. The summed E-state index contributed by atoms with van der Waals surface area (Å²) in [4.78, 5) is 6.41. The average molecular weight is 280 g/mol. The maximum absolute atomic E-state index is 12.3. The summed E-state index contributed by atoms with van der Waals surface area (Å²) in [5, 5.41) is 0.921. The quantitative estimate of drug-likeness (QED) is 0.879. The van der Waals surface area contributed by atoms with Crippen molar-refractivity contribution >= 4 is 27.8 Å². The Hall–Kier alpha value is -1.20. The van der Waals surface area contributed by atoms with Gasteiger partial charge in [-0.05, 0) is 38.5 Å². The number of hydrogen-bond acceptors (Lipinski definition) is 4. The van der Waals surface area contributed by atoms with E-state index >= 15 is 0 Å². The minimum absolute atomic E-state index is 0.462. The first kappa shape index (κ1) is 13.2. The number of aromatic nitrogens is 1. The van der Waals surface area contributed by atoms with E-state index in [1.54, 1.807) is 17.4 Å². The van der Waals surface area contributed by atoms with Crippen LogP contribution in [0.4, 0.5) is 5.69 Å². The van der Waals surface area contributed by atoms with Crippen molar-refractivity contribution < 1.29 is 4.21 Å². The van der Waals surface area contributed by atoms with Gasteiger partial charge < -0.3 is 5.73 Å². The number of nitrogens with two attached hydrogens (primary N) is 1. The second-order valence-electron chi connectivity index (χ2n) is 4.26. The van der Waals surface area contributed by atoms with Crippen molar-refractivity contribution in [2.75, 3.05) is 5.73 Å². The molecule has 0 radical (unpaired) electrons. The zero-order valence-electron chi connectivity index (χ0n) is 10.7. The lowest BCUT2D eigenvalue weighted by atomic mass is 10.2. The molecule has 2 N–H and O–H groups in total. The van der Waals surface area contributed by atoms with Gasteiger partial charge in [-0.25, -0.2) is 4.98 Å². The zero-order chi connectivity index (χ0) is 13.3. The van der Waals surface area contributed by atoms with Crippen LogP contribution in [0, 0.1) is 20.8 Å². The van der Waals surface area contributed by atoms with E-state index < -0.39 is 10.8 Å². The van der Waals surface area contributed by atoms with Crippen molar-refractivity contribution in [2.45, 2.75) is 31.4 Å². The molecule has 0 saturated carbocycles. The minimum atomic E-state index is -1.08. The number of rotatable bonds is 3. The molecule has 0 saturated heterocycles. The van der Waals surface area contributed by atoms with Gasteiger partial charge in [0.05, 0.1) is 22.2 Å². The summed E-state index contributed by atoms with van der Waals surface area (Å²) in [7, 11) is -1.08. The highest BCUT2D eigenvalue weighted by Gasteiger charge is 2.12. The molecule has 0 amide bonds. The molecule has 18 heavy (non-hydrogen) atoms. The van der Waals surface area contributed by atoms with Gasteiger partial charge in [0.2, 0.25) is 0 Å². The second-order valence-corrected chi connectivity index (χ2v) is 6.97. The van der Waals surface area contributed by atoms with E-state index in [2.05, 4.69) is 4.98 Å². The second kappa shape index (κ2) is 5.20. The smallest absolute Gasteiger partial charge is 0.106 e. The topological polar surface area (TPSA) is 56.0 Å². The maximum atomic E-state index is 12.3. The summed E-state index contributed by atoms with van der Waals surface area (Å²) < 4.78 is 12.3. The van der Waals surface area contributed by atoms with Crippen LogP contribution in [-0.2, 0) is 16.6 Å². The highest BCUT2D eigenvalue weighted by Crippen LogP contribution is 2.23. The fraction of sp³-hybridized carbons (Fsp3) is 0.308. The van der Waals surface area contributed by atoms with Crippen LogP contribution in [0.3, 0.4) is 0 Å². The predicted molar refractivity (Wildman–Crippen MR) is 77.3 cm³/mol. The van der Waals surface area contributed by atoms with Crippen molar-refractivity contribution in [2.24, 2.45) is 0 Å². The Kier molecular flexibility index (Phi) is 3.82. The number of thiazole rings is 1. The molecule has 1 aromatic heterocycles. The maximum Gasteiger partial charge on any atom is 0.106 e. The molecule has 1 aromatic carbocycles. The summed E-state index contributed by atoms with van der Waals surface area (Å²) in [6.07, 6.45) is 0. The molecule has 0 aliphatic rings. The van der Waals surface area contributed by atoms with Crippen LogP contribution in [0.25, 0.3) is 0 Å². The molecule has 3 nitrogen and oxygen atoms in total. The van der Waals surface area contributed by atoms with Gasteiger partial charge in [0.1, 0.15) is 5.01 Å². The SMILES string of the molecule is Cc1ccc(N)cc1S(=O)Cc1nc(C)c(C)s1. The van der Waals surface area contributed by atoms with Crippen molar-refractivity contribution in [3.8, 4) is 0 Å². The van der Waals surface area contributed by atoms with E-state index in [4.69, 9.17) is 5.73 Å². The first-order chi connectivity index (χ1) is 8.47. The van der Waals surface area contributed by atoms with E-state index in [1.165, 1.54) is 4.88 Å². The predicted octanol–water partition coefficient (Wildman–Crippen LogP) is 2.96. The molecule has 5 heteroatoms. The van der Waals surface area contributed by atoms with Gasteiger partial charge in [0, 0.05) is 15.5 Å². The van der Waals surface area contributed by atoms with Crippen LogP contribution < -0.4 is 5.73 Å². The van der Waals surface area contributed by atoms with E-state index in [0.29, 0.717) is 11.4 Å². The van der Waals surface area contributed by atoms with Gasteiger partial charge in [-0.3, -0.25) is 4.21 Å². The molecule has 2 rings (SSSR count). The van der Waals surface area contributed by atoms with E-state index in [9.17, 15) is 4.21 Å². The number of nitrogens with zero attached hydrogens (tertiary/aromatic N) is 1. The molecule has 0 spiro atoms. The third kappa shape index (κ3) is 2.79. The molecule has 2 aromatic rings. The molecule has 0 aliphatic carbocycles. The van der Waals surface area contributed by atoms with Crippen LogP contribution in [-0.4, -0.2) is 9.19 Å². The lowest BCUT2D eigenvalue weighted by Crippen LogP contribution is -2.00. The molecule has 1 unspecified atom stereocenters. The first-order valence-electron chi connectivity index (χ1n) is 5.65. The van der Waals surface area contributed by atoms with Gasteiger partial charge >= 0.3 is 0 Å². The van der Waals surface area contributed by atoms with Gasteiger partial charge in [0.25, 0.3) is 0 Å². The van der Waals surface area contributed by atoms with Gasteiger partial charge in [0.15, 0.2) is 0 Å². The highest BCUT2D eigenvalue weighted by molar-refractivity contribution is 7.84. The third-order valence-electron chi connectivity index (χ3n) is 2.78. The van der Waals surface area contributed by atoms with Crippen LogP contribution >= 0.6 is 11.3 Å². The van der Waals surface area contributed by atoms with E-state index in [-0.39, 0.29) is 0 Å². The minimum Gasteiger partial charge on any atom is -0.399 e. The highest BCUT2D eigenvalue weighted by atomic mass is 32.2. The van der Waals surface area contributed by atoms with E-state index in [0.717, 1.165) is 21.2 Å². The first-order valence-corrected chi connectivity index (χ1v) is 7.78. The lowest BCUT2D eigenvalue weighted by molar-refractivity contribution is 0.682. The van der Waals surface area contributed by atoms with Crippen molar-refractivity contribution in [3.63, 3.8) is 0 Å². The Bertz CT molecular complexity index is 586. The number of benzene rings is 1. The van der Waals surface area contributed by atoms with Crippen LogP contribution in [0.1, 0.15) is 21.1 Å². The lowest BCUT2D eigenvalue weighted by Gasteiger charge is -2.05. The summed E-state index contributed by atoms with van der Waals surface area (Å²) in [5.74, 6) is 0.462. The Morgan fingerprint density at radius 2 is 2.06 bits per heavy atom. The van der Waals surface area contributed by atoms with Crippen LogP contribution in [0.15, 0.2) is 23.1 Å². The van der Waals surface area contributed by atoms with Crippen molar-refractivity contribution in [1.82, 2.24) is 4.98 Å². The normalized spacial score (nSPS) is 12.6. The Morgan fingerprint density at radius 3 is 2.67 bits per heavy atom. The number of hydrogen-bond donors (Lipinski definition) is 1. The van der Waals surface area contributed by atoms with Gasteiger partial charge in [-0.1, -0.05) is 6.07 Å². The summed E-state index contributed by atoms with van der Waals surface area (Å²) in [6.45, 7) is 5.96. The molecule has 1 heterocycles. The average Bonchev–Trinajstić information content (AvgIpc) is 2.61. The van der Waals surface area contributed by atoms with Gasteiger partial charge in [-0.15, -0.1) is 11.3 Å².